The average molecular weight is 372 g/mol. The second kappa shape index (κ2) is 6.83. The summed E-state index contributed by atoms with van der Waals surface area (Å²) in [7, 11) is 2.99. The molecule has 0 aromatic heterocycles. The quantitative estimate of drug-likeness (QED) is 0.592. The van der Waals surface area contributed by atoms with Crippen LogP contribution in [0.5, 0.6) is 17.2 Å². The molecule has 0 fully saturated rings. The first-order valence-electron chi connectivity index (χ1n) is 5.94. The largest absolute Gasteiger partial charge is 0.497 e. The van der Waals surface area contributed by atoms with E-state index in [1.165, 1.54) is 14.2 Å². The second-order valence-corrected chi connectivity index (χ2v) is 5.35. The molecule has 0 saturated carbocycles. The Morgan fingerprint density at radius 2 is 1.76 bits per heavy atom. The molecule has 0 aliphatic carbocycles. The number of esters is 1. The Balaban J connectivity index is 2.31. The highest BCUT2D eigenvalue weighted by Crippen LogP contribution is 2.30. The smallest absolute Gasteiger partial charge is 0.347 e. The van der Waals surface area contributed by atoms with Gasteiger partial charge in [-0.05, 0) is 36.4 Å². The van der Waals surface area contributed by atoms with E-state index in [1.807, 2.05) is 0 Å². The van der Waals surface area contributed by atoms with E-state index in [9.17, 15) is 4.79 Å². The standard InChI is InChI=1S/C15H12BrClO4/c1-19-10-4-6-13(20-2)11(8-10)15(18)21-14-5-3-9(16)7-12(14)17/h3-8H,1-2H3. The van der Waals surface area contributed by atoms with Gasteiger partial charge in [0.1, 0.15) is 22.8 Å². The summed E-state index contributed by atoms with van der Waals surface area (Å²) in [5.41, 5.74) is 0.260. The minimum atomic E-state index is -0.574. The lowest BCUT2D eigenvalue weighted by atomic mass is 10.2. The van der Waals surface area contributed by atoms with Gasteiger partial charge in [-0.3, -0.25) is 0 Å². The third-order valence-electron chi connectivity index (χ3n) is 2.72. The van der Waals surface area contributed by atoms with Crippen molar-refractivity contribution in [2.45, 2.75) is 0 Å². The zero-order chi connectivity index (χ0) is 15.4. The van der Waals surface area contributed by atoms with Crippen molar-refractivity contribution in [3.05, 3.63) is 51.5 Å². The molecule has 0 unspecified atom stereocenters. The summed E-state index contributed by atoms with van der Waals surface area (Å²) in [6.07, 6.45) is 0. The maximum absolute atomic E-state index is 12.3. The van der Waals surface area contributed by atoms with Crippen molar-refractivity contribution in [2.75, 3.05) is 14.2 Å². The van der Waals surface area contributed by atoms with Crippen LogP contribution in [0.1, 0.15) is 10.4 Å². The van der Waals surface area contributed by atoms with Crippen LogP contribution >= 0.6 is 27.5 Å². The zero-order valence-electron chi connectivity index (χ0n) is 11.4. The van der Waals surface area contributed by atoms with E-state index in [1.54, 1.807) is 36.4 Å². The van der Waals surface area contributed by atoms with Crippen molar-refractivity contribution in [3.63, 3.8) is 0 Å². The van der Waals surface area contributed by atoms with Crippen molar-refractivity contribution in [1.82, 2.24) is 0 Å². The number of hydrogen-bond donors (Lipinski definition) is 0. The molecule has 0 aliphatic rings. The number of rotatable bonds is 4. The average Bonchev–Trinajstić information content (AvgIpc) is 2.49. The lowest BCUT2D eigenvalue weighted by molar-refractivity contribution is 0.0731. The maximum atomic E-state index is 12.3. The highest BCUT2D eigenvalue weighted by molar-refractivity contribution is 9.10. The van der Waals surface area contributed by atoms with E-state index >= 15 is 0 Å². The molecule has 0 heterocycles. The lowest BCUT2D eigenvalue weighted by Gasteiger charge is -2.11. The Labute approximate surface area is 135 Å². The topological polar surface area (TPSA) is 44.8 Å². The summed E-state index contributed by atoms with van der Waals surface area (Å²) in [6, 6.07) is 9.87. The van der Waals surface area contributed by atoms with Crippen LogP contribution in [0.2, 0.25) is 5.02 Å². The highest BCUT2D eigenvalue weighted by Gasteiger charge is 2.17. The number of halogens is 2. The SMILES string of the molecule is COc1ccc(OC)c(C(=O)Oc2ccc(Br)cc2Cl)c1. The van der Waals surface area contributed by atoms with Crippen LogP contribution in [0.3, 0.4) is 0 Å². The molecule has 110 valence electrons. The summed E-state index contributed by atoms with van der Waals surface area (Å²) in [4.78, 5) is 12.3. The number of benzene rings is 2. The third kappa shape index (κ3) is 3.68. The van der Waals surface area contributed by atoms with Crippen molar-refractivity contribution in [3.8, 4) is 17.2 Å². The highest BCUT2D eigenvalue weighted by atomic mass is 79.9. The van der Waals surface area contributed by atoms with Crippen LogP contribution in [0.25, 0.3) is 0 Å². The molecule has 2 aromatic carbocycles. The van der Waals surface area contributed by atoms with Crippen LogP contribution < -0.4 is 14.2 Å². The Morgan fingerprint density at radius 1 is 1.05 bits per heavy atom. The molecule has 4 nitrogen and oxygen atoms in total. The van der Waals surface area contributed by atoms with Gasteiger partial charge in [-0.2, -0.15) is 0 Å². The summed E-state index contributed by atoms with van der Waals surface area (Å²) >= 11 is 9.32. The molecule has 0 atom stereocenters. The molecule has 0 saturated heterocycles. The van der Waals surface area contributed by atoms with Crippen molar-refractivity contribution in [1.29, 1.82) is 0 Å². The number of carbonyl (C=O) groups excluding carboxylic acids is 1. The first-order valence-corrected chi connectivity index (χ1v) is 7.11. The van der Waals surface area contributed by atoms with Crippen LogP contribution in [0.15, 0.2) is 40.9 Å². The summed E-state index contributed by atoms with van der Waals surface area (Å²) in [5.74, 6) is 0.628. The van der Waals surface area contributed by atoms with Gasteiger partial charge in [0, 0.05) is 4.47 Å². The first kappa shape index (κ1) is 15.7. The zero-order valence-corrected chi connectivity index (χ0v) is 13.7. The molecule has 21 heavy (non-hydrogen) atoms. The van der Waals surface area contributed by atoms with Crippen LogP contribution in [-0.2, 0) is 0 Å². The van der Waals surface area contributed by atoms with Gasteiger partial charge >= 0.3 is 5.97 Å². The minimum Gasteiger partial charge on any atom is -0.497 e. The van der Waals surface area contributed by atoms with Crippen molar-refractivity contribution < 1.29 is 19.0 Å². The van der Waals surface area contributed by atoms with E-state index in [0.717, 1.165) is 4.47 Å². The number of ether oxygens (including phenoxy) is 3. The molecule has 2 rings (SSSR count). The Morgan fingerprint density at radius 3 is 2.38 bits per heavy atom. The van der Waals surface area contributed by atoms with E-state index in [-0.39, 0.29) is 11.3 Å². The van der Waals surface area contributed by atoms with E-state index in [2.05, 4.69) is 15.9 Å². The van der Waals surface area contributed by atoms with Gasteiger partial charge in [0.25, 0.3) is 0 Å². The summed E-state index contributed by atoms with van der Waals surface area (Å²) < 4.78 is 16.4. The minimum absolute atomic E-state index is 0.260. The number of carbonyl (C=O) groups is 1. The molecule has 0 N–H and O–H groups in total. The van der Waals surface area contributed by atoms with Crippen LogP contribution in [0, 0.1) is 0 Å². The lowest BCUT2D eigenvalue weighted by Crippen LogP contribution is -2.10. The second-order valence-electron chi connectivity index (χ2n) is 4.03. The van der Waals surface area contributed by atoms with Crippen LogP contribution in [0.4, 0.5) is 0 Å². The van der Waals surface area contributed by atoms with E-state index in [0.29, 0.717) is 16.5 Å². The van der Waals surface area contributed by atoms with Crippen LogP contribution in [-0.4, -0.2) is 20.2 Å². The first-order chi connectivity index (χ1) is 10.0. The van der Waals surface area contributed by atoms with Crippen molar-refractivity contribution >= 4 is 33.5 Å². The third-order valence-corrected chi connectivity index (χ3v) is 3.51. The van der Waals surface area contributed by atoms with Crippen molar-refractivity contribution in [2.24, 2.45) is 0 Å². The summed E-state index contributed by atoms with van der Waals surface area (Å²) in [5, 5.41) is 0.333. The maximum Gasteiger partial charge on any atom is 0.347 e. The molecule has 0 aliphatic heterocycles. The number of methoxy groups -OCH3 is 2. The summed E-state index contributed by atoms with van der Waals surface area (Å²) in [6.45, 7) is 0. The van der Waals surface area contributed by atoms with E-state index < -0.39 is 5.97 Å². The molecule has 2 aromatic rings. The Kier molecular flexibility index (Phi) is 5.09. The molecule has 0 amide bonds. The van der Waals surface area contributed by atoms with Gasteiger partial charge in [-0.25, -0.2) is 4.79 Å². The van der Waals surface area contributed by atoms with Gasteiger partial charge in [0.05, 0.1) is 19.2 Å². The predicted molar refractivity (Wildman–Crippen MR) is 83.7 cm³/mol. The Bertz CT molecular complexity index is 673. The monoisotopic (exact) mass is 370 g/mol. The molecular formula is C15H12BrClO4. The normalized spacial score (nSPS) is 10.1. The van der Waals surface area contributed by atoms with Gasteiger partial charge in [-0.1, -0.05) is 27.5 Å². The van der Waals surface area contributed by atoms with Gasteiger partial charge in [0.15, 0.2) is 0 Å². The molecule has 0 radical (unpaired) electrons. The van der Waals surface area contributed by atoms with E-state index in [4.69, 9.17) is 25.8 Å². The number of hydrogen-bond acceptors (Lipinski definition) is 4. The Hall–Kier alpha value is -1.72. The fourth-order valence-electron chi connectivity index (χ4n) is 1.69. The molecular weight excluding hydrogens is 360 g/mol. The molecule has 6 heteroatoms. The fraction of sp³-hybridized carbons (Fsp3) is 0.133. The fourth-order valence-corrected chi connectivity index (χ4v) is 2.40. The van der Waals surface area contributed by atoms with Gasteiger partial charge in [0.2, 0.25) is 0 Å². The van der Waals surface area contributed by atoms with Gasteiger partial charge in [-0.15, -0.1) is 0 Å². The molecule has 0 spiro atoms. The van der Waals surface area contributed by atoms with Gasteiger partial charge < -0.3 is 14.2 Å². The predicted octanol–water partition coefficient (Wildman–Crippen LogP) is 4.34. The molecule has 0 bridgehead atoms.